The summed E-state index contributed by atoms with van der Waals surface area (Å²) in [6.07, 6.45) is -0.778. The van der Waals surface area contributed by atoms with Gasteiger partial charge in [-0.3, -0.25) is 9.59 Å². The van der Waals surface area contributed by atoms with Gasteiger partial charge < -0.3 is 25.2 Å². The van der Waals surface area contributed by atoms with Crippen LogP contribution in [0.3, 0.4) is 0 Å². The van der Waals surface area contributed by atoms with E-state index in [4.69, 9.17) is 14.6 Å². The summed E-state index contributed by atoms with van der Waals surface area (Å²) in [6.45, 7) is -0.558. The average Bonchev–Trinajstić information content (AvgIpc) is 3.04. The molecule has 2 amide bonds. The predicted molar refractivity (Wildman–Crippen MR) is 105 cm³/mol. The SMILES string of the molecule is COCC(NC(=O)OCC1c2ccccc2-c2ccccc21)C(=O)NCC(=O)O. The van der Waals surface area contributed by atoms with Crippen molar-refractivity contribution in [3.63, 3.8) is 0 Å². The molecule has 8 heteroatoms. The maximum atomic E-state index is 12.3. The van der Waals surface area contributed by atoms with Gasteiger partial charge in [0.1, 0.15) is 19.2 Å². The monoisotopic (exact) mass is 398 g/mol. The summed E-state index contributed by atoms with van der Waals surface area (Å²) in [4.78, 5) is 34.9. The van der Waals surface area contributed by atoms with Crippen molar-refractivity contribution < 1.29 is 29.0 Å². The fraction of sp³-hybridized carbons (Fsp3) is 0.286. The number of hydrogen-bond donors (Lipinski definition) is 3. The molecule has 0 fully saturated rings. The molecule has 1 aliphatic carbocycles. The number of hydrogen-bond acceptors (Lipinski definition) is 5. The molecule has 1 aliphatic rings. The van der Waals surface area contributed by atoms with Gasteiger partial charge in [0.25, 0.3) is 0 Å². The molecule has 0 aliphatic heterocycles. The van der Waals surface area contributed by atoms with Crippen LogP contribution >= 0.6 is 0 Å². The minimum atomic E-state index is -1.18. The lowest BCUT2D eigenvalue weighted by atomic mass is 9.98. The number of benzene rings is 2. The van der Waals surface area contributed by atoms with Crippen molar-refractivity contribution in [1.82, 2.24) is 10.6 Å². The average molecular weight is 398 g/mol. The lowest BCUT2D eigenvalue weighted by molar-refractivity contribution is -0.138. The lowest BCUT2D eigenvalue weighted by Crippen LogP contribution is -2.50. The molecule has 0 radical (unpaired) electrons. The van der Waals surface area contributed by atoms with Gasteiger partial charge in [-0.05, 0) is 22.3 Å². The summed E-state index contributed by atoms with van der Waals surface area (Å²) in [5, 5.41) is 13.3. The van der Waals surface area contributed by atoms with E-state index in [2.05, 4.69) is 10.6 Å². The molecular weight excluding hydrogens is 376 g/mol. The van der Waals surface area contributed by atoms with Gasteiger partial charge in [-0.2, -0.15) is 0 Å². The van der Waals surface area contributed by atoms with E-state index in [9.17, 15) is 14.4 Å². The molecule has 0 heterocycles. The van der Waals surface area contributed by atoms with Crippen LogP contribution in [0.15, 0.2) is 48.5 Å². The van der Waals surface area contributed by atoms with Gasteiger partial charge in [0, 0.05) is 13.0 Å². The third-order valence-corrected chi connectivity index (χ3v) is 4.70. The van der Waals surface area contributed by atoms with E-state index in [1.54, 1.807) is 0 Å². The minimum absolute atomic E-state index is 0.102. The Morgan fingerprint density at radius 3 is 2.17 bits per heavy atom. The summed E-state index contributed by atoms with van der Waals surface area (Å²) in [5.74, 6) is -1.95. The van der Waals surface area contributed by atoms with Crippen molar-refractivity contribution in [2.24, 2.45) is 0 Å². The van der Waals surface area contributed by atoms with Crippen LogP contribution in [0.2, 0.25) is 0 Å². The predicted octanol–water partition coefficient (Wildman–Crippen LogP) is 1.74. The van der Waals surface area contributed by atoms with Crippen LogP contribution < -0.4 is 10.6 Å². The van der Waals surface area contributed by atoms with Gasteiger partial charge in [-0.25, -0.2) is 4.79 Å². The normalized spacial score (nSPS) is 13.1. The van der Waals surface area contributed by atoms with Crippen LogP contribution in [0.25, 0.3) is 11.1 Å². The van der Waals surface area contributed by atoms with Crippen molar-refractivity contribution in [2.45, 2.75) is 12.0 Å². The van der Waals surface area contributed by atoms with Gasteiger partial charge in [-0.1, -0.05) is 48.5 Å². The number of alkyl carbamates (subject to hydrolysis) is 1. The third kappa shape index (κ3) is 4.72. The fourth-order valence-electron chi connectivity index (χ4n) is 3.42. The van der Waals surface area contributed by atoms with E-state index < -0.39 is 30.6 Å². The molecule has 1 unspecified atom stereocenters. The highest BCUT2D eigenvalue weighted by atomic mass is 16.5. The van der Waals surface area contributed by atoms with Crippen molar-refractivity contribution in [3.05, 3.63) is 59.7 Å². The number of methoxy groups -OCH3 is 1. The van der Waals surface area contributed by atoms with Gasteiger partial charge >= 0.3 is 12.1 Å². The number of aliphatic carboxylic acids is 1. The third-order valence-electron chi connectivity index (χ3n) is 4.70. The Bertz CT molecular complexity index is 868. The van der Waals surface area contributed by atoms with Crippen molar-refractivity contribution >= 4 is 18.0 Å². The van der Waals surface area contributed by atoms with Crippen LogP contribution in [0.1, 0.15) is 17.0 Å². The first-order valence-electron chi connectivity index (χ1n) is 9.11. The van der Waals surface area contributed by atoms with E-state index in [1.165, 1.54) is 7.11 Å². The minimum Gasteiger partial charge on any atom is -0.480 e. The number of amides is 2. The zero-order valence-corrected chi connectivity index (χ0v) is 15.9. The Balaban J connectivity index is 1.64. The van der Waals surface area contributed by atoms with Gasteiger partial charge in [0.15, 0.2) is 0 Å². The second-order valence-corrected chi connectivity index (χ2v) is 6.59. The van der Waals surface area contributed by atoms with E-state index in [0.29, 0.717) is 0 Å². The van der Waals surface area contributed by atoms with Crippen LogP contribution in [-0.2, 0) is 19.1 Å². The Kier molecular flexibility index (Phi) is 6.46. The summed E-state index contributed by atoms with van der Waals surface area (Å²) in [6, 6.07) is 14.9. The number of fused-ring (bicyclic) bond motifs is 3. The smallest absolute Gasteiger partial charge is 0.407 e. The van der Waals surface area contributed by atoms with Crippen LogP contribution in [0.5, 0.6) is 0 Å². The van der Waals surface area contributed by atoms with E-state index in [0.717, 1.165) is 22.3 Å². The van der Waals surface area contributed by atoms with Gasteiger partial charge in [0.05, 0.1) is 6.61 Å². The molecule has 3 N–H and O–H groups in total. The molecule has 0 aromatic heterocycles. The first-order valence-corrected chi connectivity index (χ1v) is 9.11. The van der Waals surface area contributed by atoms with E-state index in [-0.39, 0.29) is 19.1 Å². The number of carbonyl (C=O) groups excluding carboxylic acids is 2. The number of rotatable bonds is 8. The number of ether oxygens (including phenoxy) is 2. The molecule has 2 aromatic carbocycles. The van der Waals surface area contributed by atoms with Crippen molar-refractivity contribution in [1.29, 1.82) is 0 Å². The number of carboxylic acids is 1. The molecule has 0 spiro atoms. The maximum Gasteiger partial charge on any atom is 0.407 e. The summed E-state index contributed by atoms with van der Waals surface area (Å²) >= 11 is 0. The Labute approximate surface area is 167 Å². The number of nitrogens with one attached hydrogen (secondary N) is 2. The highest BCUT2D eigenvalue weighted by Gasteiger charge is 2.29. The van der Waals surface area contributed by atoms with Gasteiger partial charge in [0.2, 0.25) is 5.91 Å². The molecule has 152 valence electrons. The van der Waals surface area contributed by atoms with Crippen LogP contribution in [0, 0.1) is 0 Å². The first-order chi connectivity index (χ1) is 14.0. The Hall–Kier alpha value is -3.39. The summed E-state index contributed by atoms with van der Waals surface area (Å²) in [5.41, 5.74) is 4.38. The lowest BCUT2D eigenvalue weighted by Gasteiger charge is -2.19. The van der Waals surface area contributed by atoms with Gasteiger partial charge in [-0.15, -0.1) is 0 Å². The Morgan fingerprint density at radius 2 is 1.62 bits per heavy atom. The highest BCUT2D eigenvalue weighted by molar-refractivity contribution is 5.88. The molecule has 0 saturated heterocycles. The number of carboxylic acid groups (broad SMARTS) is 1. The van der Waals surface area contributed by atoms with Crippen molar-refractivity contribution in [2.75, 3.05) is 26.9 Å². The highest BCUT2D eigenvalue weighted by Crippen LogP contribution is 2.44. The zero-order chi connectivity index (χ0) is 20.8. The molecule has 0 bridgehead atoms. The maximum absolute atomic E-state index is 12.3. The standard InChI is InChI=1S/C21H22N2O6/c1-28-12-18(20(26)22-10-19(24)25)23-21(27)29-11-17-15-8-4-2-6-13(15)14-7-3-5-9-16(14)17/h2-9,17-18H,10-12H2,1H3,(H,22,26)(H,23,27)(H,24,25). The quantitative estimate of drug-likeness (QED) is 0.624. The number of carbonyl (C=O) groups is 3. The van der Waals surface area contributed by atoms with Crippen molar-refractivity contribution in [3.8, 4) is 11.1 Å². The second-order valence-electron chi connectivity index (χ2n) is 6.59. The molecule has 2 aromatic rings. The largest absolute Gasteiger partial charge is 0.480 e. The topological polar surface area (TPSA) is 114 Å². The van der Waals surface area contributed by atoms with Crippen LogP contribution in [-0.4, -0.2) is 56.0 Å². The molecule has 1 atom stereocenters. The molecule has 3 rings (SSSR count). The molecule has 0 saturated carbocycles. The first kappa shape index (κ1) is 20.3. The van der Waals surface area contributed by atoms with Crippen LogP contribution in [0.4, 0.5) is 4.79 Å². The second kappa shape index (κ2) is 9.20. The Morgan fingerprint density at radius 1 is 1.03 bits per heavy atom. The zero-order valence-electron chi connectivity index (χ0n) is 15.9. The molecule has 29 heavy (non-hydrogen) atoms. The summed E-state index contributed by atoms with van der Waals surface area (Å²) < 4.78 is 10.3. The summed E-state index contributed by atoms with van der Waals surface area (Å²) in [7, 11) is 1.37. The fourth-order valence-corrected chi connectivity index (χ4v) is 3.42. The molecule has 8 nitrogen and oxygen atoms in total. The van der Waals surface area contributed by atoms with E-state index >= 15 is 0 Å². The van der Waals surface area contributed by atoms with E-state index in [1.807, 2.05) is 48.5 Å². The molecular formula is C21H22N2O6.